The molecule has 96 valence electrons. The maximum atomic E-state index is 11.7. The smallest absolute Gasteiger partial charge is 0.202 e. The topological polar surface area (TPSA) is 58.2 Å². The monoisotopic (exact) mass is 248 g/mol. The second-order valence-electron chi connectivity index (χ2n) is 6.66. The Morgan fingerprint density at radius 2 is 1.44 bits per heavy atom. The molecule has 0 amide bonds. The minimum Gasteiger partial charge on any atom is -0.202 e. The highest BCUT2D eigenvalue weighted by molar-refractivity contribution is 7.87. The van der Waals surface area contributed by atoms with Gasteiger partial charge < -0.3 is 0 Å². The van der Waals surface area contributed by atoms with Crippen LogP contribution < -0.4 is 9.44 Å². The predicted molar refractivity (Wildman–Crippen MR) is 66.3 cm³/mol. The van der Waals surface area contributed by atoms with Crippen molar-refractivity contribution in [2.75, 3.05) is 6.54 Å². The van der Waals surface area contributed by atoms with Crippen LogP contribution in [0.1, 0.15) is 48.0 Å². The van der Waals surface area contributed by atoms with Gasteiger partial charge in [-0.2, -0.15) is 13.1 Å². The first kappa shape index (κ1) is 13.9. The van der Waals surface area contributed by atoms with Crippen LogP contribution in [-0.4, -0.2) is 20.5 Å². The molecule has 5 heteroatoms. The molecule has 4 nitrogen and oxygen atoms in total. The highest BCUT2D eigenvalue weighted by Crippen LogP contribution is 2.47. The Bertz CT molecular complexity index is 346. The Balaban J connectivity index is 3.27. The van der Waals surface area contributed by atoms with Gasteiger partial charge in [-0.3, -0.25) is 0 Å². The van der Waals surface area contributed by atoms with Crippen LogP contribution in [0, 0.1) is 10.8 Å². The largest absolute Gasteiger partial charge is 0.277 e. The van der Waals surface area contributed by atoms with Crippen LogP contribution in [-0.2, 0) is 10.2 Å². The molecule has 1 heterocycles. The van der Waals surface area contributed by atoms with E-state index in [1.54, 1.807) is 0 Å². The van der Waals surface area contributed by atoms with E-state index in [9.17, 15) is 8.42 Å². The summed E-state index contributed by atoms with van der Waals surface area (Å²) in [6, 6.07) is 0. The van der Waals surface area contributed by atoms with E-state index in [4.69, 9.17) is 0 Å². The summed E-state index contributed by atoms with van der Waals surface area (Å²) in [7, 11) is -3.36. The quantitative estimate of drug-likeness (QED) is 0.685. The van der Waals surface area contributed by atoms with E-state index < -0.39 is 15.7 Å². The van der Waals surface area contributed by atoms with Gasteiger partial charge in [0.05, 0.1) is 0 Å². The van der Waals surface area contributed by atoms with Gasteiger partial charge in [-0.15, -0.1) is 0 Å². The van der Waals surface area contributed by atoms with Gasteiger partial charge in [0.2, 0.25) is 0 Å². The third kappa shape index (κ3) is 2.26. The molecule has 1 saturated heterocycles. The molecule has 1 aliphatic heterocycles. The first-order valence-corrected chi connectivity index (χ1v) is 7.18. The van der Waals surface area contributed by atoms with Crippen LogP contribution in [0.4, 0.5) is 0 Å². The lowest BCUT2D eigenvalue weighted by Gasteiger charge is -2.55. The van der Waals surface area contributed by atoms with Crippen molar-refractivity contribution in [2.24, 2.45) is 10.8 Å². The molecular formula is C11H24N2O2S. The normalized spacial score (nSPS) is 25.4. The molecule has 0 aromatic rings. The van der Waals surface area contributed by atoms with Crippen molar-refractivity contribution in [1.82, 2.24) is 9.44 Å². The molecule has 1 rings (SSSR count). The number of hydrogen-bond donors (Lipinski definition) is 2. The van der Waals surface area contributed by atoms with E-state index in [2.05, 4.69) is 51.0 Å². The van der Waals surface area contributed by atoms with Gasteiger partial charge in [0.15, 0.2) is 0 Å². The summed E-state index contributed by atoms with van der Waals surface area (Å²) in [6.45, 7) is 13.0. The first-order valence-electron chi connectivity index (χ1n) is 5.70. The van der Waals surface area contributed by atoms with Gasteiger partial charge in [-0.1, -0.05) is 41.5 Å². The van der Waals surface area contributed by atoms with Crippen molar-refractivity contribution in [3.63, 3.8) is 0 Å². The molecular weight excluding hydrogens is 224 g/mol. The molecule has 0 spiro atoms. The maximum Gasteiger partial charge on any atom is 0.277 e. The third-order valence-electron chi connectivity index (χ3n) is 3.66. The Morgan fingerprint density at radius 1 is 1.00 bits per heavy atom. The van der Waals surface area contributed by atoms with Crippen molar-refractivity contribution in [1.29, 1.82) is 0 Å². The van der Waals surface area contributed by atoms with Crippen molar-refractivity contribution in [2.45, 2.75) is 53.5 Å². The van der Waals surface area contributed by atoms with Crippen molar-refractivity contribution >= 4 is 10.2 Å². The van der Waals surface area contributed by atoms with Gasteiger partial charge in [-0.05, 0) is 17.3 Å². The van der Waals surface area contributed by atoms with Crippen LogP contribution in [0.2, 0.25) is 0 Å². The molecule has 0 radical (unpaired) electrons. The fourth-order valence-electron chi connectivity index (χ4n) is 2.87. The zero-order valence-electron chi connectivity index (χ0n) is 11.1. The molecule has 0 aromatic heterocycles. The summed E-state index contributed by atoms with van der Waals surface area (Å²) in [4.78, 5) is 0. The molecule has 16 heavy (non-hydrogen) atoms. The summed E-state index contributed by atoms with van der Waals surface area (Å²) in [5, 5.41) is 0. The molecule has 2 N–H and O–H groups in total. The molecule has 1 fully saturated rings. The average Bonchev–Trinajstić information content (AvgIpc) is 1.97. The predicted octanol–water partition coefficient (Wildman–Crippen LogP) is 1.65. The molecule has 0 aliphatic carbocycles. The van der Waals surface area contributed by atoms with Crippen LogP contribution >= 0.6 is 0 Å². The van der Waals surface area contributed by atoms with E-state index in [1.807, 2.05) is 0 Å². The van der Waals surface area contributed by atoms with E-state index in [0.717, 1.165) is 6.42 Å². The number of hydrogen-bond acceptors (Lipinski definition) is 2. The molecule has 1 aliphatic rings. The lowest BCUT2D eigenvalue weighted by atomic mass is 9.59. The van der Waals surface area contributed by atoms with E-state index in [1.165, 1.54) is 0 Å². The lowest BCUT2D eigenvalue weighted by Crippen LogP contribution is -2.69. The number of rotatable bonds is 0. The molecule has 0 atom stereocenters. The zero-order valence-corrected chi connectivity index (χ0v) is 12.0. The van der Waals surface area contributed by atoms with Gasteiger partial charge in [0, 0.05) is 12.1 Å². The van der Waals surface area contributed by atoms with E-state index in [0.29, 0.717) is 6.54 Å². The molecule has 0 bridgehead atoms. The van der Waals surface area contributed by atoms with Crippen molar-refractivity contribution in [3.05, 3.63) is 0 Å². The van der Waals surface area contributed by atoms with Crippen LogP contribution in [0.3, 0.4) is 0 Å². The first-order chi connectivity index (χ1) is 6.91. The molecule has 0 unspecified atom stereocenters. The minimum atomic E-state index is -3.36. The lowest BCUT2D eigenvalue weighted by molar-refractivity contribution is 0.0303. The third-order valence-corrected chi connectivity index (χ3v) is 4.86. The Morgan fingerprint density at radius 3 is 1.69 bits per heavy atom. The van der Waals surface area contributed by atoms with Crippen LogP contribution in [0.15, 0.2) is 0 Å². The van der Waals surface area contributed by atoms with Gasteiger partial charge in [0.25, 0.3) is 10.2 Å². The fraction of sp³-hybridized carbons (Fsp3) is 1.00. The van der Waals surface area contributed by atoms with E-state index >= 15 is 0 Å². The Labute approximate surface area is 99.4 Å². The van der Waals surface area contributed by atoms with E-state index in [-0.39, 0.29) is 10.8 Å². The van der Waals surface area contributed by atoms with Gasteiger partial charge >= 0.3 is 0 Å². The minimum absolute atomic E-state index is 0.125. The Hall–Kier alpha value is -0.130. The number of nitrogens with one attached hydrogen (secondary N) is 2. The maximum absolute atomic E-state index is 11.7. The summed E-state index contributed by atoms with van der Waals surface area (Å²) in [5.41, 5.74) is -0.662. The molecule has 0 aromatic carbocycles. The standard InChI is InChI=1S/C11H24N2O2S/c1-9(2,3)11(10(4,5)6)7-8-12-16(14,15)13-11/h12-13H,7-8H2,1-6H3. The fourth-order valence-corrected chi connectivity index (χ4v) is 4.49. The van der Waals surface area contributed by atoms with Gasteiger partial charge in [0.1, 0.15) is 0 Å². The average molecular weight is 248 g/mol. The zero-order chi connectivity index (χ0) is 12.8. The van der Waals surface area contributed by atoms with Crippen molar-refractivity contribution < 1.29 is 8.42 Å². The Kier molecular flexibility index (Phi) is 3.21. The summed E-state index contributed by atoms with van der Waals surface area (Å²) >= 11 is 0. The molecule has 0 saturated carbocycles. The highest BCUT2D eigenvalue weighted by Gasteiger charge is 2.53. The van der Waals surface area contributed by atoms with Crippen LogP contribution in [0.25, 0.3) is 0 Å². The van der Waals surface area contributed by atoms with Crippen LogP contribution in [0.5, 0.6) is 0 Å². The second-order valence-corrected chi connectivity index (χ2v) is 8.15. The highest BCUT2D eigenvalue weighted by atomic mass is 32.2. The van der Waals surface area contributed by atoms with Gasteiger partial charge in [-0.25, -0.2) is 4.72 Å². The summed E-state index contributed by atoms with van der Waals surface area (Å²) in [6.07, 6.45) is 0.805. The summed E-state index contributed by atoms with van der Waals surface area (Å²) in [5.74, 6) is 0. The summed E-state index contributed by atoms with van der Waals surface area (Å²) < 4.78 is 28.8. The van der Waals surface area contributed by atoms with Crippen molar-refractivity contribution in [3.8, 4) is 0 Å². The SMILES string of the molecule is CC(C)(C)C1(C(C)(C)C)CCNS(=O)(=O)N1. The second kappa shape index (κ2) is 3.68.